The van der Waals surface area contributed by atoms with Crippen LogP contribution in [0.3, 0.4) is 0 Å². The Morgan fingerprint density at radius 1 is 1.15 bits per heavy atom. The van der Waals surface area contributed by atoms with Crippen molar-refractivity contribution in [1.29, 1.82) is 0 Å². The van der Waals surface area contributed by atoms with Gasteiger partial charge in [0.1, 0.15) is 12.4 Å². The molecule has 0 bridgehead atoms. The summed E-state index contributed by atoms with van der Waals surface area (Å²) in [7, 11) is 0. The minimum Gasteiger partial charge on any atom is -0.461 e. The number of carbonyl (C=O) groups is 1. The van der Waals surface area contributed by atoms with Gasteiger partial charge < -0.3 is 19.2 Å². The minimum absolute atomic E-state index is 0.199. The van der Waals surface area contributed by atoms with Crippen LogP contribution in [0.2, 0.25) is 0 Å². The molecule has 0 saturated carbocycles. The summed E-state index contributed by atoms with van der Waals surface area (Å²) < 4.78 is 31.4. The van der Waals surface area contributed by atoms with E-state index in [-0.39, 0.29) is 17.7 Å². The molecule has 0 radical (unpaired) electrons. The lowest BCUT2D eigenvalue weighted by atomic mass is 10.1. The van der Waals surface area contributed by atoms with E-state index < -0.39 is 0 Å². The van der Waals surface area contributed by atoms with Gasteiger partial charge in [-0.15, -0.1) is 5.10 Å². The Balaban J connectivity index is 1.53. The van der Waals surface area contributed by atoms with Gasteiger partial charge in [-0.3, -0.25) is 4.79 Å². The predicted molar refractivity (Wildman–Crippen MR) is 120 cm³/mol. The lowest BCUT2D eigenvalue weighted by Gasteiger charge is -2.08. The van der Waals surface area contributed by atoms with Crippen LogP contribution in [0.25, 0.3) is 17.3 Å². The zero-order valence-corrected chi connectivity index (χ0v) is 18.2. The standard InChI is InChI=1S/C24H23FN4O4/c1-3-31-13-14-33-24-27-22(21-5-4-12-32-21)29(28-24)19-9-7-18(8-10-19)26-23(30)17-6-11-20(25)16(2)15-17/h4-12,15H,3,13-14H2,1-2H3,(H,26,30). The van der Waals surface area contributed by atoms with Crippen LogP contribution in [0, 0.1) is 12.7 Å². The molecule has 33 heavy (non-hydrogen) atoms. The molecule has 0 aliphatic rings. The highest BCUT2D eigenvalue weighted by molar-refractivity contribution is 6.04. The number of aromatic nitrogens is 3. The zero-order chi connectivity index (χ0) is 23.2. The molecule has 0 fully saturated rings. The van der Waals surface area contributed by atoms with Crippen LogP contribution in [0.5, 0.6) is 6.01 Å². The van der Waals surface area contributed by atoms with Gasteiger partial charge in [0.2, 0.25) is 5.82 Å². The van der Waals surface area contributed by atoms with Crippen molar-refractivity contribution in [2.75, 3.05) is 25.1 Å². The van der Waals surface area contributed by atoms with Crippen molar-refractivity contribution in [3.63, 3.8) is 0 Å². The maximum Gasteiger partial charge on any atom is 0.336 e. The molecule has 0 spiro atoms. The molecule has 2 heterocycles. The van der Waals surface area contributed by atoms with E-state index in [2.05, 4.69) is 15.4 Å². The highest BCUT2D eigenvalue weighted by atomic mass is 19.1. The predicted octanol–water partition coefficient (Wildman–Crippen LogP) is 4.64. The largest absolute Gasteiger partial charge is 0.461 e. The van der Waals surface area contributed by atoms with E-state index in [1.54, 1.807) is 54.3 Å². The van der Waals surface area contributed by atoms with Gasteiger partial charge >= 0.3 is 6.01 Å². The van der Waals surface area contributed by atoms with Crippen LogP contribution in [0.1, 0.15) is 22.8 Å². The number of hydrogen-bond acceptors (Lipinski definition) is 6. The molecule has 0 atom stereocenters. The van der Waals surface area contributed by atoms with Gasteiger partial charge in [0.25, 0.3) is 5.91 Å². The fourth-order valence-electron chi connectivity index (χ4n) is 3.11. The first kappa shape index (κ1) is 22.2. The van der Waals surface area contributed by atoms with E-state index in [1.165, 1.54) is 18.2 Å². The van der Waals surface area contributed by atoms with Crippen LogP contribution in [-0.4, -0.2) is 40.5 Å². The topological polar surface area (TPSA) is 91.4 Å². The number of benzene rings is 2. The minimum atomic E-state index is -0.350. The summed E-state index contributed by atoms with van der Waals surface area (Å²) in [6.07, 6.45) is 1.56. The van der Waals surface area contributed by atoms with Gasteiger partial charge in [-0.1, -0.05) is 0 Å². The number of halogens is 1. The van der Waals surface area contributed by atoms with E-state index in [9.17, 15) is 9.18 Å². The first-order valence-corrected chi connectivity index (χ1v) is 10.4. The molecule has 0 unspecified atom stereocenters. The second kappa shape index (κ2) is 10.1. The number of ether oxygens (including phenoxy) is 2. The summed E-state index contributed by atoms with van der Waals surface area (Å²) in [6, 6.07) is 15.0. The highest BCUT2D eigenvalue weighted by Gasteiger charge is 2.17. The van der Waals surface area contributed by atoms with E-state index in [4.69, 9.17) is 13.9 Å². The number of hydrogen-bond donors (Lipinski definition) is 1. The average Bonchev–Trinajstić information content (AvgIpc) is 3.49. The molecule has 0 aliphatic carbocycles. The highest BCUT2D eigenvalue weighted by Crippen LogP contribution is 2.25. The van der Waals surface area contributed by atoms with Gasteiger partial charge in [-0.05, 0) is 74.0 Å². The number of furan rings is 1. The van der Waals surface area contributed by atoms with Crippen LogP contribution < -0.4 is 10.1 Å². The quantitative estimate of drug-likeness (QED) is 0.374. The van der Waals surface area contributed by atoms with Crippen LogP contribution in [0.4, 0.5) is 10.1 Å². The number of nitrogens with zero attached hydrogens (tertiary/aromatic N) is 3. The van der Waals surface area contributed by atoms with Crippen molar-refractivity contribution in [2.45, 2.75) is 13.8 Å². The SMILES string of the molecule is CCOCCOc1nc(-c2ccco2)n(-c2ccc(NC(=O)c3ccc(F)c(C)c3)cc2)n1. The van der Waals surface area contributed by atoms with E-state index in [0.29, 0.717) is 53.9 Å². The molecule has 9 heteroatoms. The molecular weight excluding hydrogens is 427 g/mol. The summed E-state index contributed by atoms with van der Waals surface area (Å²) in [5.41, 5.74) is 2.07. The molecule has 1 N–H and O–H groups in total. The summed E-state index contributed by atoms with van der Waals surface area (Å²) in [5.74, 6) is 0.335. The van der Waals surface area contributed by atoms with Crippen molar-refractivity contribution >= 4 is 11.6 Å². The third-order valence-corrected chi connectivity index (χ3v) is 4.78. The maximum atomic E-state index is 13.5. The summed E-state index contributed by atoms with van der Waals surface area (Å²) in [4.78, 5) is 16.9. The molecule has 1 amide bonds. The number of aryl methyl sites for hydroxylation is 1. The molecule has 8 nitrogen and oxygen atoms in total. The van der Waals surface area contributed by atoms with E-state index in [0.717, 1.165) is 0 Å². The number of nitrogens with one attached hydrogen (secondary N) is 1. The van der Waals surface area contributed by atoms with Gasteiger partial charge in [0.15, 0.2) is 5.76 Å². The Hall–Kier alpha value is -3.98. The van der Waals surface area contributed by atoms with Crippen molar-refractivity contribution in [2.24, 2.45) is 0 Å². The lowest BCUT2D eigenvalue weighted by molar-refractivity contribution is 0.102. The number of amides is 1. The molecule has 170 valence electrons. The molecule has 4 aromatic rings. The molecule has 0 saturated heterocycles. The summed E-state index contributed by atoms with van der Waals surface area (Å²) in [5, 5.41) is 7.24. The van der Waals surface area contributed by atoms with Gasteiger partial charge in [-0.2, -0.15) is 4.98 Å². The Kier molecular flexibility index (Phi) is 6.80. The molecule has 2 aromatic heterocycles. The first-order valence-electron chi connectivity index (χ1n) is 10.4. The van der Waals surface area contributed by atoms with Crippen LogP contribution in [-0.2, 0) is 4.74 Å². The molecular formula is C24H23FN4O4. The Morgan fingerprint density at radius 3 is 2.67 bits per heavy atom. The Labute approximate surface area is 190 Å². The third kappa shape index (κ3) is 5.27. The van der Waals surface area contributed by atoms with Crippen LogP contribution in [0.15, 0.2) is 65.3 Å². The Morgan fingerprint density at radius 2 is 1.97 bits per heavy atom. The fourth-order valence-corrected chi connectivity index (χ4v) is 3.11. The van der Waals surface area contributed by atoms with Crippen molar-refractivity contribution in [3.8, 4) is 23.3 Å². The molecule has 0 aliphatic heterocycles. The van der Waals surface area contributed by atoms with Crippen LogP contribution >= 0.6 is 0 Å². The number of carbonyl (C=O) groups excluding carboxylic acids is 1. The second-order valence-corrected chi connectivity index (χ2v) is 7.12. The monoisotopic (exact) mass is 450 g/mol. The lowest BCUT2D eigenvalue weighted by Crippen LogP contribution is -2.12. The number of rotatable bonds is 9. The van der Waals surface area contributed by atoms with Gasteiger partial charge in [0.05, 0.1) is 18.6 Å². The summed E-state index contributed by atoms with van der Waals surface area (Å²) >= 11 is 0. The van der Waals surface area contributed by atoms with Crippen molar-refractivity contribution in [3.05, 3.63) is 77.8 Å². The van der Waals surface area contributed by atoms with Crippen molar-refractivity contribution < 1.29 is 23.1 Å². The zero-order valence-electron chi connectivity index (χ0n) is 18.2. The first-order chi connectivity index (χ1) is 16.0. The number of anilines is 1. The van der Waals surface area contributed by atoms with Gasteiger partial charge in [-0.25, -0.2) is 9.07 Å². The van der Waals surface area contributed by atoms with E-state index >= 15 is 0 Å². The fraction of sp³-hybridized carbons (Fsp3) is 0.208. The maximum absolute atomic E-state index is 13.5. The molecule has 4 rings (SSSR count). The van der Waals surface area contributed by atoms with Crippen molar-refractivity contribution in [1.82, 2.24) is 14.8 Å². The Bertz CT molecular complexity index is 1220. The third-order valence-electron chi connectivity index (χ3n) is 4.78. The average molecular weight is 450 g/mol. The van der Waals surface area contributed by atoms with E-state index in [1.807, 2.05) is 6.92 Å². The normalized spacial score (nSPS) is 10.9. The van der Waals surface area contributed by atoms with Gasteiger partial charge in [0, 0.05) is 17.9 Å². The molecule has 2 aromatic carbocycles. The smallest absolute Gasteiger partial charge is 0.336 e. The summed E-state index contributed by atoms with van der Waals surface area (Å²) in [6.45, 7) is 4.89. The second-order valence-electron chi connectivity index (χ2n) is 7.12.